The van der Waals surface area contributed by atoms with Gasteiger partial charge in [-0.1, -0.05) is 23.7 Å². The molecule has 0 unspecified atom stereocenters. The molecule has 8 nitrogen and oxygen atoms in total. The molecule has 1 aliphatic heterocycles. The van der Waals surface area contributed by atoms with Crippen LogP contribution in [0.2, 0.25) is 5.02 Å². The van der Waals surface area contributed by atoms with Gasteiger partial charge in [0.15, 0.2) is 6.61 Å². The Morgan fingerprint density at radius 1 is 1.21 bits per heavy atom. The van der Waals surface area contributed by atoms with Gasteiger partial charge in [0, 0.05) is 10.7 Å². The van der Waals surface area contributed by atoms with E-state index in [-0.39, 0.29) is 25.0 Å². The Morgan fingerprint density at radius 2 is 2.04 bits per heavy atom. The predicted octanol–water partition coefficient (Wildman–Crippen LogP) is 2.34. The molecule has 1 N–H and O–H groups in total. The first-order valence-electron chi connectivity index (χ1n) is 8.52. The molecule has 4 rings (SSSR count). The molecule has 1 aliphatic rings. The molecule has 9 heteroatoms. The van der Waals surface area contributed by atoms with Gasteiger partial charge in [0.05, 0.1) is 12.2 Å². The number of anilines is 2. The summed E-state index contributed by atoms with van der Waals surface area (Å²) in [4.78, 5) is 30.0. The lowest BCUT2D eigenvalue weighted by Gasteiger charge is -2.29. The van der Waals surface area contributed by atoms with E-state index in [1.807, 2.05) is 12.1 Å². The molecule has 0 radical (unpaired) electrons. The van der Waals surface area contributed by atoms with Crippen LogP contribution < -0.4 is 15.0 Å². The quantitative estimate of drug-likeness (QED) is 0.713. The lowest BCUT2D eigenvalue weighted by Crippen LogP contribution is -2.43. The number of carbonyl (C=O) groups excluding carboxylic acids is 2. The highest BCUT2D eigenvalue weighted by molar-refractivity contribution is 6.31. The first kappa shape index (κ1) is 18.0. The Balaban J connectivity index is 1.42. The number of benzene rings is 2. The lowest BCUT2D eigenvalue weighted by molar-refractivity contribution is -0.123. The summed E-state index contributed by atoms with van der Waals surface area (Å²) in [5.41, 5.74) is 2.15. The Morgan fingerprint density at radius 3 is 2.79 bits per heavy atom. The van der Waals surface area contributed by atoms with Gasteiger partial charge in [0.25, 0.3) is 5.91 Å². The number of rotatable bonds is 5. The Bertz CT molecular complexity index is 1000. The van der Waals surface area contributed by atoms with Crippen LogP contribution in [0.15, 0.2) is 55.1 Å². The van der Waals surface area contributed by atoms with Crippen molar-refractivity contribution in [1.82, 2.24) is 14.8 Å². The molecule has 0 atom stereocenters. The summed E-state index contributed by atoms with van der Waals surface area (Å²) in [5.74, 6) is -0.0902. The van der Waals surface area contributed by atoms with Gasteiger partial charge in [0.1, 0.15) is 24.9 Å². The second-order valence-electron chi connectivity index (χ2n) is 6.22. The second-order valence-corrected chi connectivity index (χ2v) is 6.66. The number of fused-ring (bicyclic) bond motifs is 1. The number of hydrogen-bond donors (Lipinski definition) is 1. The number of nitrogens with zero attached hydrogens (tertiary/aromatic N) is 4. The molecule has 1 aromatic heterocycles. The minimum atomic E-state index is -0.315. The standard InChI is InChI=1S/C19H16ClN5O3/c20-14-3-6-17-16(7-14)25(19(27)10-28-17)9-18(26)23-15-4-1-13(2-5-15)8-24-12-21-11-22-24/h1-7,11-12H,8-10H2,(H,23,26). The number of aromatic nitrogens is 3. The van der Waals surface area contributed by atoms with Gasteiger partial charge in [-0.3, -0.25) is 14.5 Å². The highest BCUT2D eigenvalue weighted by atomic mass is 35.5. The van der Waals surface area contributed by atoms with E-state index in [9.17, 15) is 9.59 Å². The van der Waals surface area contributed by atoms with E-state index < -0.39 is 0 Å². The third-order valence-corrected chi connectivity index (χ3v) is 4.45. The monoisotopic (exact) mass is 397 g/mol. The van der Waals surface area contributed by atoms with Crippen molar-refractivity contribution in [2.24, 2.45) is 0 Å². The van der Waals surface area contributed by atoms with Crippen LogP contribution in [-0.2, 0) is 16.1 Å². The van der Waals surface area contributed by atoms with Crippen LogP contribution in [0, 0.1) is 0 Å². The smallest absolute Gasteiger partial charge is 0.265 e. The molecule has 0 saturated heterocycles. The number of nitrogens with one attached hydrogen (secondary N) is 1. The summed E-state index contributed by atoms with van der Waals surface area (Å²) in [6.07, 6.45) is 3.12. The van der Waals surface area contributed by atoms with E-state index >= 15 is 0 Å². The van der Waals surface area contributed by atoms with Crippen molar-refractivity contribution >= 4 is 34.8 Å². The van der Waals surface area contributed by atoms with Crippen LogP contribution in [0.1, 0.15) is 5.56 Å². The minimum Gasteiger partial charge on any atom is -0.482 e. The van der Waals surface area contributed by atoms with E-state index in [1.165, 1.54) is 11.2 Å². The molecule has 2 heterocycles. The van der Waals surface area contributed by atoms with Gasteiger partial charge in [-0.15, -0.1) is 0 Å². The molecule has 142 valence electrons. The molecule has 0 saturated carbocycles. The molecule has 0 spiro atoms. The van der Waals surface area contributed by atoms with E-state index in [0.29, 0.717) is 28.7 Å². The van der Waals surface area contributed by atoms with Gasteiger partial charge in [-0.2, -0.15) is 5.10 Å². The van der Waals surface area contributed by atoms with Crippen molar-refractivity contribution in [3.8, 4) is 5.75 Å². The summed E-state index contributed by atoms with van der Waals surface area (Å²) in [6.45, 7) is 0.350. The highest BCUT2D eigenvalue weighted by Crippen LogP contribution is 2.34. The maximum atomic E-state index is 12.5. The van der Waals surface area contributed by atoms with E-state index in [1.54, 1.807) is 41.3 Å². The van der Waals surface area contributed by atoms with Crippen LogP contribution in [0.3, 0.4) is 0 Å². The van der Waals surface area contributed by atoms with Gasteiger partial charge in [0.2, 0.25) is 5.91 Å². The van der Waals surface area contributed by atoms with Crippen molar-refractivity contribution in [2.75, 3.05) is 23.4 Å². The van der Waals surface area contributed by atoms with Crippen LogP contribution in [0.25, 0.3) is 0 Å². The largest absolute Gasteiger partial charge is 0.482 e. The Hall–Kier alpha value is -3.39. The zero-order valence-electron chi connectivity index (χ0n) is 14.7. The highest BCUT2D eigenvalue weighted by Gasteiger charge is 2.27. The van der Waals surface area contributed by atoms with Crippen molar-refractivity contribution in [3.05, 3.63) is 65.7 Å². The molecular weight excluding hydrogens is 382 g/mol. The van der Waals surface area contributed by atoms with Crippen molar-refractivity contribution < 1.29 is 14.3 Å². The van der Waals surface area contributed by atoms with Gasteiger partial charge >= 0.3 is 0 Å². The van der Waals surface area contributed by atoms with E-state index in [2.05, 4.69) is 15.4 Å². The normalized spacial score (nSPS) is 13.0. The first-order valence-corrected chi connectivity index (χ1v) is 8.90. The first-order chi connectivity index (χ1) is 13.6. The van der Waals surface area contributed by atoms with Gasteiger partial charge in [-0.25, -0.2) is 9.67 Å². The fourth-order valence-electron chi connectivity index (χ4n) is 2.89. The fourth-order valence-corrected chi connectivity index (χ4v) is 3.05. The van der Waals surface area contributed by atoms with Crippen LogP contribution in [0.5, 0.6) is 5.75 Å². The van der Waals surface area contributed by atoms with Crippen molar-refractivity contribution in [3.63, 3.8) is 0 Å². The number of halogens is 1. The summed E-state index contributed by atoms with van der Waals surface area (Å²) in [5, 5.41) is 7.32. The third-order valence-electron chi connectivity index (χ3n) is 4.21. The molecule has 2 amide bonds. The fraction of sp³-hybridized carbons (Fsp3) is 0.158. The Kier molecular flexibility index (Phi) is 4.94. The van der Waals surface area contributed by atoms with Crippen LogP contribution in [-0.4, -0.2) is 39.7 Å². The average Bonchev–Trinajstić information content (AvgIpc) is 3.19. The number of carbonyl (C=O) groups is 2. The SMILES string of the molecule is O=C(CN1C(=O)COc2ccc(Cl)cc21)Nc1ccc(Cn2cncn2)cc1. The van der Waals surface area contributed by atoms with Crippen molar-refractivity contribution in [2.45, 2.75) is 6.54 Å². The van der Waals surface area contributed by atoms with Crippen LogP contribution in [0.4, 0.5) is 11.4 Å². The summed E-state index contributed by atoms with van der Waals surface area (Å²) >= 11 is 6.02. The molecule has 0 fully saturated rings. The zero-order valence-corrected chi connectivity index (χ0v) is 15.5. The molecule has 28 heavy (non-hydrogen) atoms. The predicted molar refractivity (Wildman–Crippen MR) is 103 cm³/mol. The number of ether oxygens (including phenoxy) is 1. The second kappa shape index (κ2) is 7.69. The summed E-state index contributed by atoms with van der Waals surface area (Å²) < 4.78 is 7.09. The molecule has 2 aromatic carbocycles. The van der Waals surface area contributed by atoms with E-state index in [4.69, 9.17) is 16.3 Å². The summed E-state index contributed by atoms with van der Waals surface area (Å²) in [7, 11) is 0. The average molecular weight is 398 g/mol. The van der Waals surface area contributed by atoms with Gasteiger partial charge < -0.3 is 10.1 Å². The molecule has 0 aliphatic carbocycles. The zero-order chi connectivity index (χ0) is 19.5. The van der Waals surface area contributed by atoms with Crippen LogP contribution >= 0.6 is 11.6 Å². The summed E-state index contributed by atoms with van der Waals surface area (Å²) in [6, 6.07) is 12.4. The number of hydrogen-bond acceptors (Lipinski definition) is 5. The topological polar surface area (TPSA) is 89.4 Å². The number of amides is 2. The maximum absolute atomic E-state index is 12.5. The Labute approximate surface area is 165 Å². The minimum absolute atomic E-state index is 0.112. The third kappa shape index (κ3) is 3.96. The van der Waals surface area contributed by atoms with Gasteiger partial charge in [-0.05, 0) is 35.9 Å². The van der Waals surface area contributed by atoms with Crippen molar-refractivity contribution in [1.29, 1.82) is 0 Å². The molecule has 3 aromatic rings. The lowest BCUT2D eigenvalue weighted by atomic mass is 10.2. The molecule has 0 bridgehead atoms. The maximum Gasteiger partial charge on any atom is 0.265 e. The van der Waals surface area contributed by atoms with E-state index in [0.717, 1.165) is 5.56 Å². The molecular formula is C19H16ClN5O3.